The molecule has 13 nitrogen and oxygen atoms in total. The molecule has 1 unspecified atom stereocenters. The number of amides is 1. The van der Waals surface area contributed by atoms with E-state index in [-0.39, 0.29) is 43.0 Å². The number of nitrogens with two attached hydrogens (primary N) is 3. The molecule has 2 rings (SSSR count). The van der Waals surface area contributed by atoms with Crippen LogP contribution in [0.25, 0.3) is 0 Å². The Labute approximate surface area is 196 Å². The van der Waals surface area contributed by atoms with Crippen molar-refractivity contribution in [3.8, 4) is 0 Å². The average Bonchev–Trinajstić information content (AvgIpc) is 2.66. The number of nitrogens with one attached hydrogen (secondary N) is 2. The summed E-state index contributed by atoms with van der Waals surface area (Å²) in [6.07, 6.45) is 2.17. The van der Waals surface area contributed by atoms with Crippen molar-refractivity contribution < 1.29 is 19.4 Å². The Morgan fingerprint density at radius 2 is 2.06 bits per heavy atom. The van der Waals surface area contributed by atoms with E-state index in [2.05, 4.69) is 10.3 Å². The van der Waals surface area contributed by atoms with Crippen LogP contribution in [0.5, 0.6) is 0 Å². The zero-order chi connectivity index (χ0) is 22.4. The molecule has 2 heterocycles. The molecular formula is C17H28Cl2N8O5. The highest BCUT2D eigenvalue weighted by atomic mass is 35.5. The summed E-state index contributed by atoms with van der Waals surface area (Å²) >= 11 is 0. The number of nitrogens with zero attached hydrogens (tertiary/aromatic N) is 3. The summed E-state index contributed by atoms with van der Waals surface area (Å²) in [5.74, 6) is -1.84. The predicted molar refractivity (Wildman–Crippen MR) is 122 cm³/mol. The summed E-state index contributed by atoms with van der Waals surface area (Å²) in [4.78, 5) is 40.9. The van der Waals surface area contributed by atoms with E-state index >= 15 is 0 Å². The molecule has 32 heavy (non-hydrogen) atoms. The smallest absolute Gasteiger partial charge is 0.351 e. The second kappa shape index (κ2) is 12.9. The fourth-order valence-corrected chi connectivity index (χ4v) is 2.77. The molecule has 1 aromatic heterocycles. The van der Waals surface area contributed by atoms with Crippen molar-refractivity contribution in [1.82, 2.24) is 19.8 Å². The van der Waals surface area contributed by atoms with Gasteiger partial charge in [0.15, 0.2) is 18.3 Å². The van der Waals surface area contributed by atoms with Crippen molar-refractivity contribution in [2.24, 2.45) is 11.5 Å². The van der Waals surface area contributed by atoms with E-state index in [0.29, 0.717) is 13.0 Å². The molecule has 0 radical (unpaired) electrons. The van der Waals surface area contributed by atoms with E-state index in [0.717, 1.165) is 4.57 Å². The average molecular weight is 495 g/mol. The predicted octanol–water partition coefficient (Wildman–Crippen LogP) is -1.38. The molecule has 0 saturated carbocycles. The summed E-state index contributed by atoms with van der Waals surface area (Å²) in [6.45, 7) is 0.403. The number of aliphatic carboxylic acids is 1. The van der Waals surface area contributed by atoms with Crippen LogP contribution >= 0.6 is 24.8 Å². The molecule has 1 aliphatic rings. The number of anilines is 1. The lowest BCUT2D eigenvalue weighted by atomic mass is 10.1. The topological polar surface area (TPSA) is 216 Å². The summed E-state index contributed by atoms with van der Waals surface area (Å²) in [6, 6.07) is -0.0702. The molecule has 0 aromatic carbocycles. The molecule has 0 bridgehead atoms. The Morgan fingerprint density at radius 3 is 2.62 bits per heavy atom. The lowest BCUT2D eigenvalue weighted by Gasteiger charge is -2.31. The molecule has 4 atom stereocenters. The van der Waals surface area contributed by atoms with Gasteiger partial charge in [0, 0.05) is 32.3 Å². The van der Waals surface area contributed by atoms with Crippen molar-refractivity contribution in [3.05, 3.63) is 34.9 Å². The van der Waals surface area contributed by atoms with Crippen LogP contribution in [0.4, 0.5) is 5.82 Å². The number of carbonyl (C=O) groups is 2. The van der Waals surface area contributed by atoms with Gasteiger partial charge in [0.05, 0.1) is 6.04 Å². The third-order valence-electron chi connectivity index (χ3n) is 4.49. The first-order valence-electron chi connectivity index (χ1n) is 9.10. The fraction of sp³-hybridized carbons (Fsp3) is 0.471. The summed E-state index contributed by atoms with van der Waals surface area (Å²) in [5, 5.41) is 19.4. The van der Waals surface area contributed by atoms with Crippen LogP contribution in [0, 0.1) is 5.41 Å². The highest BCUT2D eigenvalue weighted by Gasteiger charge is 2.35. The van der Waals surface area contributed by atoms with Crippen molar-refractivity contribution in [2.75, 3.05) is 19.3 Å². The van der Waals surface area contributed by atoms with Crippen LogP contribution in [0.2, 0.25) is 0 Å². The zero-order valence-corrected chi connectivity index (χ0v) is 18.8. The number of aromatic nitrogens is 2. The molecule has 1 aromatic rings. The molecule has 0 fully saturated rings. The Kier molecular flexibility index (Phi) is 11.7. The molecule has 15 heteroatoms. The van der Waals surface area contributed by atoms with E-state index in [9.17, 15) is 19.5 Å². The normalized spacial score (nSPS) is 20.2. The van der Waals surface area contributed by atoms with Crippen LogP contribution in [0.15, 0.2) is 29.2 Å². The van der Waals surface area contributed by atoms with E-state index in [1.54, 1.807) is 7.05 Å². The monoisotopic (exact) mass is 494 g/mol. The number of carboxylic acids is 1. The number of guanidine groups is 1. The van der Waals surface area contributed by atoms with Gasteiger partial charge < -0.3 is 37.3 Å². The van der Waals surface area contributed by atoms with Gasteiger partial charge in [-0.25, -0.2) is 9.59 Å². The quantitative estimate of drug-likeness (QED) is 0.141. The third-order valence-corrected chi connectivity index (χ3v) is 4.49. The number of carboxylic acid groups (broad SMARTS) is 1. The van der Waals surface area contributed by atoms with Crippen molar-refractivity contribution in [1.29, 1.82) is 5.41 Å². The van der Waals surface area contributed by atoms with Crippen LogP contribution in [-0.2, 0) is 14.3 Å². The van der Waals surface area contributed by atoms with Gasteiger partial charge in [0.25, 0.3) is 0 Å². The first-order valence-corrected chi connectivity index (χ1v) is 9.10. The minimum absolute atomic E-state index is 0. The molecule has 9 N–H and O–H groups in total. The van der Waals surface area contributed by atoms with Crippen molar-refractivity contribution in [3.63, 3.8) is 0 Å². The number of nitrogen functional groups attached to an aromatic ring is 1. The minimum Gasteiger partial charge on any atom is -0.479 e. The maximum Gasteiger partial charge on any atom is 0.351 e. The Balaban J connectivity index is 0.00000480. The van der Waals surface area contributed by atoms with Crippen LogP contribution in [-0.4, -0.2) is 69.2 Å². The molecule has 0 aliphatic carbocycles. The molecule has 0 spiro atoms. The van der Waals surface area contributed by atoms with E-state index in [1.165, 1.54) is 29.3 Å². The number of rotatable bonds is 8. The Hall–Kier alpha value is -2.87. The maximum absolute atomic E-state index is 12.3. The first kappa shape index (κ1) is 29.1. The number of hydrogen-bond donors (Lipinski definition) is 6. The Morgan fingerprint density at radius 1 is 1.41 bits per heavy atom. The molecule has 180 valence electrons. The van der Waals surface area contributed by atoms with Gasteiger partial charge in [0.2, 0.25) is 5.91 Å². The van der Waals surface area contributed by atoms with Gasteiger partial charge in [-0.3, -0.25) is 14.8 Å². The zero-order valence-electron chi connectivity index (χ0n) is 17.2. The van der Waals surface area contributed by atoms with Gasteiger partial charge in [0.1, 0.15) is 5.82 Å². The standard InChI is InChI=1S/C17H26N8O5.2ClH/c1-24(16(20)21)6-4-9(18)8-12(26)22-10-2-3-13(30-14(10)15(27)28)25-7-5-11(19)23-17(25)29;;/h2-3,5,7,9-10,13-14H,4,6,8,18H2,1H3,(H3,20,21)(H,22,26)(H,27,28)(H2,19,23,29);2*1H/t9?,10-,13+,14-;;/m0../s1. The Bertz CT molecular complexity index is 896. The number of ether oxygens (including phenoxy) is 1. The number of carbonyl (C=O) groups excluding carboxylic acids is 1. The molecule has 1 amide bonds. The summed E-state index contributed by atoms with van der Waals surface area (Å²) in [5.41, 5.74) is 16.0. The molecular weight excluding hydrogens is 467 g/mol. The summed E-state index contributed by atoms with van der Waals surface area (Å²) < 4.78 is 6.57. The molecule has 0 saturated heterocycles. The van der Waals surface area contributed by atoms with Gasteiger partial charge in [-0.2, -0.15) is 4.98 Å². The van der Waals surface area contributed by atoms with Crippen LogP contribution < -0.4 is 28.2 Å². The van der Waals surface area contributed by atoms with Crippen LogP contribution in [0.3, 0.4) is 0 Å². The van der Waals surface area contributed by atoms with Crippen LogP contribution in [0.1, 0.15) is 19.1 Å². The maximum atomic E-state index is 12.3. The van der Waals surface area contributed by atoms with E-state index in [4.69, 9.17) is 27.3 Å². The van der Waals surface area contributed by atoms with Crippen molar-refractivity contribution >= 4 is 48.5 Å². The van der Waals surface area contributed by atoms with Gasteiger partial charge >= 0.3 is 11.7 Å². The van der Waals surface area contributed by atoms with Gasteiger partial charge in [-0.1, -0.05) is 6.08 Å². The third kappa shape index (κ3) is 8.00. The second-order valence-corrected chi connectivity index (χ2v) is 6.87. The van der Waals surface area contributed by atoms with Crippen molar-refractivity contribution in [2.45, 2.75) is 37.3 Å². The lowest BCUT2D eigenvalue weighted by molar-refractivity contribution is -0.159. The number of halogens is 2. The van der Waals surface area contributed by atoms with Gasteiger partial charge in [-0.05, 0) is 18.6 Å². The molecule has 1 aliphatic heterocycles. The van der Waals surface area contributed by atoms with E-state index in [1.807, 2.05) is 0 Å². The lowest BCUT2D eigenvalue weighted by Crippen LogP contribution is -2.51. The highest BCUT2D eigenvalue weighted by molar-refractivity contribution is 5.85. The van der Waals surface area contributed by atoms with E-state index < -0.39 is 42.0 Å². The SMILES string of the molecule is CN(CCC(N)CC(=O)N[C@H]1C=C[C@H](n2ccc(N)nc2=O)O[C@@H]1C(=O)O)C(=N)N.Cl.Cl. The fourth-order valence-electron chi connectivity index (χ4n) is 2.77. The minimum atomic E-state index is -1.42. The highest BCUT2D eigenvalue weighted by Crippen LogP contribution is 2.20. The summed E-state index contributed by atoms with van der Waals surface area (Å²) in [7, 11) is 1.63. The largest absolute Gasteiger partial charge is 0.479 e. The van der Waals surface area contributed by atoms with Gasteiger partial charge in [-0.15, -0.1) is 24.8 Å². The first-order chi connectivity index (χ1) is 14.1. The second-order valence-electron chi connectivity index (χ2n) is 6.87. The number of hydrogen-bond acceptors (Lipinski definition) is 8.